The van der Waals surface area contributed by atoms with Crippen molar-refractivity contribution in [2.24, 2.45) is 0 Å². The molecule has 90 valence electrons. The third-order valence-corrected chi connectivity index (χ3v) is 2.91. The summed E-state index contributed by atoms with van der Waals surface area (Å²) in [5, 5.41) is 10.1. The van der Waals surface area contributed by atoms with Crippen LogP contribution < -0.4 is 5.32 Å². The summed E-state index contributed by atoms with van der Waals surface area (Å²) < 4.78 is 7.84. The summed E-state index contributed by atoms with van der Waals surface area (Å²) in [7, 11) is 0. The van der Waals surface area contributed by atoms with E-state index in [4.69, 9.17) is 4.74 Å². The van der Waals surface area contributed by atoms with Crippen molar-refractivity contribution in [1.29, 1.82) is 0 Å². The molecule has 1 atom stereocenters. The minimum absolute atomic E-state index is 0.0955. The second kappa shape index (κ2) is 4.68. The van der Waals surface area contributed by atoms with Crippen molar-refractivity contribution >= 4 is 0 Å². The van der Waals surface area contributed by atoms with E-state index in [2.05, 4.69) is 25.1 Å². The van der Waals surface area contributed by atoms with Crippen LogP contribution in [0.15, 0.2) is 24.9 Å². The molecule has 3 rings (SSSR count). The van der Waals surface area contributed by atoms with Gasteiger partial charge in [-0.15, -0.1) is 0 Å². The van der Waals surface area contributed by atoms with Gasteiger partial charge in [-0.2, -0.15) is 5.10 Å². The fourth-order valence-electron chi connectivity index (χ4n) is 2.05. The van der Waals surface area contributed by atoms with E-state index in [1.165, 1.54) is 0 Å². The molecule has 2 N–H and O–H groups in total. The quantitative estimate of drug-likeness (QED) is 0.801. The van der Waals surface area contributed by atoms with Crippen LogP contribution in [0.1, 0.15) is 17.4 Å². The van der Waals surface area contributed by atoms with Crippen LogP contribution in [-0.2, 0) is 11.3 Å². The average molecular weight is 233 g/mol. The van der Waals surface area contributed by atoms with Gasteiger partial charge in [0.25, 0.3) is 0 Å². The van der Waals surface area contributed by atoms with Crippen molar-refractivity contribution in [1.82, 2.24) is 25.1 Å². The van der Waals surface area contributed by atoms with Crippen molar-refractivity contribution in [2.45, 2.75) is 12.6 Å². The number of morpholine rings is 1. The normalized spacial score (nSPS) is 20.6. The first-order chi connectivity index (χ1) is 8.43. The SMILES string of the molecule is c1n[nH]cc1Cn1cncc1C1CNCCO1. The highest BCUT2D eigenvalue weighted by atomic mass is 16.5. The lowest BCUT2D eigenvalue weighted by Crippen LogP contribution is -2.34. The molecule has 0 amide bonds. The number of hydrogen-bond donors (Lipinski definition) is 2. The lowest BCUT2D eigenvalue weighted by molar-refractivity contribution is 0.0230. The predicted molar refractivity (Wildman–Crippen MR) is 61.5 cm³/mol. The smallest absolute Gasteiger partial charge is 0.111 e. The zero-order chi connectivity index (χ0) is 11.5. The van der Waals surface area contributed by atoms with Gasteiger partial charge in [-0.25, -0.2) is 4.98 Å². The van der Waals surface area contributed by atoms with Gasteiger partial charge in [0.15, 0.2) is 0 Å². The first-order valence-corrected chi connectivity index (χ1v) is 5.73. The van der Waals surface area contributed by atoms with Gasteiger partial charge < -0.3 is 14.6 Å². The summed E-state index contributed by atoms with van der Waals surface area (Å²) >= 11 is 0. The van der Waals surface area contributed by atoms with Gasteiger partial charge in [-0.05, 0) is 0 Å². The molecule has 1 unspecified atom stereocenters. The highest BCUT2D eigenvalue weighted by Gasteiger charge is 2.19. The number of nitrogens with one attached hydrogen (secondary N) is 2. The number of H-pyrrole nitrogens is 1. The van der Waals surface area contributed by atoms with Gasteiger partial charge in [0.2, 0.25) is 0 Å². The van der Waals surface area contributed by atoms with Crippen molar-refractivity contribution in [3.05, 3.63) is 36.2 Å². The van der Waals surface area contributed by atoms with Gasteiger partial charge in [0.1, 0.15) is 6.10 Å². The zero-order valence-corrected chi connectivity index (χ0v) is 9.47. The number of rotatable bonds is 3. The van der Waals surface area contributed by atoms with Crippen molar-refractivity contribution in [3.63, 3.8) is 0 Å². The highest BCUT2D eigenvalue weighted by Crippen LogP contribution is 2.19. The van der Waals surface area contributed by atoms with Crippen molar-refractivity contribution in [2.75, 3.05) is 19.7 Å². The van der Waals surface area contributed by atoms with E-state index < -0.39 is 0 Å². The molecule has 1 aliphatic heterocycles. The second-order valence-corrected chi connectivity index (χ2v) is 4.12. The molecule has 0 radical (unpaired) electrons. The molecule has 6 nitrogen and oxygen atoms in total. The highest BCUT2D eigenvalue weighted by molar-refractivity contribution is 5.10. The Bertz CT molecular complexity index is 458. The molecule has 1 fully saturated rings. The van der Waals surface area contributed by atoms with E-state index in [0.29, 0.717) is 0 Å². The lowest BCUT2D eigenvalue weighted by Gasteiger charge is -2.24. The molecular formula is C11H15N5O. The number of nitrogens with zero attached hydrogens (tertiary/aromatic N) is 3. The van der Waals surface area contributed by atoms with Gasteiger partial charge in [0, 0.05) is 24.8 Å². The number of aromatic nitrogens is 4. The van der Waals surface area contributed by atoms with E-state index in [1.807, 2.05) is 24.9 Å². The van der Waals surface area contributed by atoms with Crippen molar-refractivity contribution < 1.29 is 4.74 Å². The fourth-order valence-corrected chi connectivity index (χ4v) is 2.05. The summed E-state index contributed by atoms with van der Waals surface area (Å²) in [5.41, 5.74) is 2.24. The van der Waals surface area contributed by atoms with Crippen LogP contribution in [0, 0.1) is 0 Å². The molecule has 0 aromatic carbocycles. The Morgan fingerprint density at radius 1 is 1.47 bits per heavy atom. The molecule has 0 spiro atoms. The fraction of sp³-hybridized carbons (Fsp3) is 0.455. The van der Waals surface area contributed by atoms with Crippen LogP contribution in [0.2, 0.25) is 0 Å². The van der Waals surface area contributed by atoms with Crippen LogP contribution in [0.25, 0.3) is 0 Å². The van der Waals surface area contributed by atoms with Crippen LogP contribution in [0.4, 0.5) is 0 Å². The average Bonchev–Trinajstić information content (AvgIpc) is 3.02. The van der Waals surface area contributed by atoms with E-state index in [1.54, 1.807) is 0 Å². The minimum Gasteiger partial charge on any atom is -0.369 e. The molecule has 2 aromatic rings. The topological polar surface area (TPSA) is 67.8 Å². The summed E-state index contributed by atoms with van der Waals surface area (Å²) in [5.74, 6) is 0. The van der Waals surface area contributed by atoms with Crippen LogP contribution in [0.3, 0.4) is 0 Å². The van der Waals surface area contributed by atoms with Crippen LogP contribution >= 0.6 is 0 Å². The lowest BCUT2D eigenvalue weighted by atomic mass is 10.2. The molecule has 0 bridgehead atoms. The number of hydrogen-bond acceptors (Lipinski definition) is 4. The van der Waals surface area contributed by atoms with Crippen molar-refractivity contribution in [3.8, 4) is 0 Å². The molecular weight excluding hydrogens is 218 g/mol. The number of ether oxygens (including phenoxy) is 1. The molecule has 0 aliphatic carbocycles. The monoisotopic (exact) mass is 233 g/mol. The summed E-state index contributed by atoms with van der Waals surface area (Å²) in [6.45, 7) is 3.29. The second-order valence-electron chi connectivity index (χ2n) is 4.12. The Morgan fingerprint density at radius 3 is 3.24 bits per heavy atom. The molecule has 2 aromatic heterocycles. The maximum Gasteiger partial charge on any atom is 0.111 e. The predicted octanol–water partition coefficient (Wildman–Crippen LogP) is 0.315. The largest absolute Gasteiger partial charge is 0.369 e. The molecule has 0 saturated carbocycles. The molecule has 17 heavy (non-hydrogen) atoms. The molecule has 6 heteroatoms. The molecule has 1 saturated heterocycles. The Morgan fingerprint density at radius 2 is 2.47 bits per heavy atom. The number of imidazole rings is 1. The van der Waals surface area contributed by atoms with Gasteiger partial charge in [0.05, 0.1) is 37.6 Å². The summed E-state index contributed by atoms with van der Waals surface area (Å²) in [6.07, 6.45) is 7.52. The van der Waals surface area contributed by atoms with Crippen LogP contribution in [0.5, 0.6) is 0 Å². The first-order valence-electron chi connectivity index (χ1n) is 5.73. The Balaban J connectivity index is 1.78. The summed E-state index contributed by atoms with van der Waals surface area (Å²) in [4.78, 5) is 4.20. The van der Waals surface area contributed by atoms with Crippen LogP contribution in [-0.4, -0.2) is 39.4 Å². The maximum absolute atomic E-state index is 5.74. The van der Waals surface area contributed by atoms with E-state index >= 15 is 0 Å². The Hall–Kier alpha value is -1.66. The maximum atomic E-state index is 5.74. The van der Waals surface area contributed by atoms with Gasteiger partial charge in [-0.3, -0.25) is 5.10 Å². The van der Waals surface area contributed by atoms with Gasteiger partial charge >= 0.3 is 0 Å². The minimum atomic E-state index is 0.0955. The number of aromatic amines is 1. The Kier molecular flexibility index (Phi) is 2.89. The first kappa shape index (κ1) is 10.5. The third-order valence-electron chi connectivity index (χ3n) is 2.91. The standard InChI is InChI=1S/C11H15N5O/c1-2-17-11(6-12-1)10-5-13-8-16(10)7-9-3-14-15-4-9/h3-5,8,11-12H,1-2,6-7H2,(H,14,15). The van der Waals surface area contributed by atoms with E-state index in [0.717, 1.165) is 37.5 Å². The van der Waals surface area contributed by atoms with Gasteiger partial charge in [-0.1, -0.05) is 0 Å². The third kappa shape index (κ3) is 2.22. The Labute approximate surface area is 99.0 Å². The molecule has 3 heterocycles. The summed E-state index contributed by atoms with van der Waals surface area (Å²) in [6, 6.07) is 0. The molecule has 1 aliphatic rings. The zero-order valence-electron chi connectivity index (χ0n) is 9.47. The van der Waals surface area contributed by atoms with E-state index in [9.17, 15) is 0 Å². The van der Waals surface area contributed by atoms with E-state index in [-0.39, 0.29) is 6.10 Å².